The number of carbonyl (C=O) groups excluding carboxylic acids is 1. The molecule has 0 spiro atoms. The van der Waals surface area contributed by atoms with Gasteiger partial charge in [0.2, 0.25) is 0 Å². The molecule has 2 rings (SSSR count). The van der Waals surface area contributed by atoms with Crippen molar-refractivity contribution in [1.82, 2.24) is 0 Å². The van der Waals surface area contributed by atoms with Gasteiger partial charge in [0.1, 0.15) is 0 Å². The summed E-state index contributed by atoms with van der Waals surface area (Å²) in [5.41, 5.74) is -2.24. The number of nitrogens with zero attached hydrogens (tertiary/aromatic N) is 1. The number of halogens is 8. The van der Waals surface area contributed by atoms with Gasteiger partial charge in [-0.2, -0.15) is 13.2 Å². The zero-order valence-electron chi connectivity index (χ0n) is 12.4. The summed E-state index contributed by atoms with van der Waals surface area (Å²) in [4.78, 5) is 11.5. The van der Waals surface area contributed by atoms with E-state index in [0.717, 1.165) is 36.4 Å². The number of hydrogen-bond acceptors (Lipinski definition) is 1. The molecular formula is C15H8Cl2F6N2O. The lowest BCUT2D eigenvalue weighted by atomic mass is 10.2. The van der Waals surface area contributed by atoms with Gasteiger partial charge in [-0.25, -0.2) is 9.69 Å². The largest absolute Gasteiger partial charge is 0.493 e. The number of rotatable bonds is 2. The number of alkyl halides is 6. The van der Waals surface area contributed by atoms with Crippen LogP contribution in [0.15, 0.2) is 42.5 Å². The van der Waals surface area contributed by atoms with E-state index in [1.165, 1.54) is 0 Å². The molecule has 11 heteroatoms. The second-order valence-corrected chi connectivity index (χ2v) is 5.72. The first-order valence-corrected chi connectivity index (χ1v) is 7.45. The average molecular weight is 417 g/mol. The van der Waals surface area contributed by atoms with E-state index in [4.69, 9.17) is 23.2 Å². The van der Waals surface area contributed by atoms with Gasteiger partial charge in [-0.05, 0) is 36.4 Å². The Morgan fingerprint density at radius 3 is 2.12 bits per heavy atom. The Kier molecular flexibility index (Phi) is 5.62. The Bertz CT molecular complexity index is 823. The van der Waals surface area contributed by atoms with Crippen molar-refractivity contribution in [1.29, 1.82) is 0 Å². The summed E-state index contributed by atoms with van der Waals surface area (Å²) in [5.74, 6) is 0. The van der Waals surface area contributed by atoms with Crippen LogP contribution >= 0.6 is 23.2 Å². The predicted molar refractivity (Wildman–Crippen MR) is 85.5 cm³/mol. The van der Waals surface area contributed by atoms with E-state index in [-0.39, 0.29) is 10.0 Å². The van der Waals surface area contributed by atoms with Crippen molar-refractivity contribution in [3.63, 3.8) is 0 Å². The zero-order chi connectivity index (χ0) is 19.7. The third kappa shape index (κ3) is 4.73. The second kappa shape index (κ2) is 7.24. The summed E-state index contributed by atoms with van der Waals surface area (Å²) >= 11 is 11.3. The minimum Gasteiger partial charge on any atom is -0.307 e. The lowest BCUT2D eigenvalue weighted by Crippen LogP contribution is -2.45. The van der Waals surface area contributed by atoms with Gasteiger partial charge < -0.3 is 5.32 Å². The summed E-state index contributed by atoms with van der Waals surface area (Å²) in [6.45, 7) is 0. The SMILES string of the molecule is O=C(Nc1cccc(C(F)(F)F)c1)N(c1ccc(Cl)c(Cl)c1)C(F)(F)F. The lowest BCUT2D eigenvalue weighted by Gasteiger charge is -2.25. The molecule has 0 radical (unpaired) electrons. The van der Waals surface area contributed by atoms with Gasteiger partial charge in [-0.15, -0.1) is 13.2 Å². The third-order valence-electron chi connectivity index (χ3n) is 3.06. The number of hydrogen-bond donors (Lipinski definition) is 1. The Labute approximate surface area is 153 Å². The Hall–Kier alpha value is -2.13. The van der Waals surface area contributed by atoms with E-state index < -0.39 is 40.3 Å². The second-order valence-electron chi connectivity index (χ2n) is 4.91. The summed E-state index contributed by atoms with van der Waals surface area (Å²) in [5, 5.41) is 1.52. The quantitative estimate of drug-likeness (QED) is 0.435. The first-order chi connectivity index (χ1) is 11.9. The van der Waals surface area contributed by atoms with E-state index in [1.807, 2.05) is 0 Å². The van der Waals surface area contributed by atoms with Crippen LogP contribution in [0.3, 0.4) is 0 Å². The molecule has 2 aromatic rings. The van der Waals surface area contributed by atoms with Crippen molar-refractivity contribution < 1.29 is 31.1 Å². The van der Waals surface area contributed by atoms with Crippen LogP contribution in [0.5, 0.6) is 0 Å². The van der Waals surface area contributed by atoms with Gasteiger partial charge in [0, 0.05) is 5.69 Å². The molecule has 0 heterocycles. The molecule has 0 aliphatic rings. The van der Waals surface area contributed by atoms with Crippen LogP contribution in [-0.2, 0) is 6.18 Å². The molecule has 2 aromatic carbocycles. The van der Waals surface area contributed by atoms with Gasteiger partial charge in [0.25, 0.3) is 0 Å². The van der Waals surface area contributed by atoms with Crippen LogP contribution < -0.4 is 10.2 Å². The summed E-state index contributed by atoms with van der Waals surface area (Å²) < 4.78 is 77.8. The smallest absolute Gasteiger partial charge is 0.307 e. The van der Waals surface area contributed by atoms with Crippen molar-refractivity contribution in [2.75, 3.05) is 10.2 Å². The molecule has 26 heavy (non-hydrogen) atoms. The molecule has 140 valence electrons. The fourth-order valence-corrected chi connectivity index (χ4v) is 2.25. The molecule has 0 aliphatic carbocycles. The van der Waals surface area contributed by atoms with Gasteiger partial charge in [0.15, 0.2) is 0 Å². The predicted octanol–water partition coefficient (Wildman–Crippen LogP) is 6.57. The Balaban J connectivity index is 2.35. The van der Waals surface area contributed by atoms with Crippen molar-refractivity contribution in [2.24, 2.45) is 0 Å². The first kappa shape index (κ1) is 20.2. The van der Waals surface area contributed by atoms with Crippen molar-refractivity contribution in [2.45, 2.75) is 12.5 Å². The number of amides is 2. The molecule has 0 bridgehead atoms. The van der Waals surface area contributed by atoms with Gasteiger partial charge in [-0.1, -0.05) is 29.3 Å². The van der Waals surface area contributed by atoms with Crippen LogP contribution in [0, 0.1) is 0 Å². The van der Waals surface area contributed by atoms with E-state index in [9.17, 15) is 31.1 Å². The number of anilines is 2. The highest BCUT2D eigenvalue weighted by Crippen LogP contribution is 2.34. The molecule has 0 saturated heterocycles. The van der Waals surface area contributed by atoms with Gasteiger partial charge >= 0.3 is 18.5 Å². The molecule has 3 nitrogen and oxygen atoms in total. The fraction of sp³-hybridized carbons (Fsp3) is 0.133. The monoisotopic (exact) mass is 416 g/mol. The Morgan fingerprint density at radius 1 is 0.923 bits per heavy atom. The van der Waals surface area contributed by atoms with Crippen LogP contribution in [0.25, 0.3) is 0 Å². The standard InChI is InChI=1S/C15H8Cl2F6N2O/c16-11-5-4-10(7-12(11)17)25(15(21,22)23)13(26)24-9-3-1-2-8(6-9)14(18,19)20/h1-7H,(H,24,26). The van der Waals surface area contributed by atoms with E-state index in [2.05, 4.69) is 0 Å². The first-order valence-electron chi connectivity index (χ1n) is 6.70. The van der Waals surface area contributed by atoms with Gasteiger partial charge in [0.05, 0.1) is 21.3 Å². The fourth-order valence-electron chi connectivity index (χ4n) is 1.96. The van der Waals surface area contributed by atoms with Crippen molar-refractivity contribution in [3.8, 4) is 0 Å². The summed E-state index contributed by atoms with van der Waals surface area (Å²) in [6.07, 6.45) is -9.88. The lowest BCUT2D eigenvalue weighted by molar-refractivity contribution is -0.137. The molecule has 0 aromatic heterocycles. The molecule has 0 saturated carbocycles. The zero-order valence-corrected chi connectivity index (χ0v) is 13.9. The van der Waals surface area contributed by atoms with Crippen LogP contribution in [0.2, 0.25) is 10.0 Å². The minimum atomic E-state index is -5.16. The molecule has 0 unspecified atom stereocenters. The van der Waals surface area contributed by atoms with E-state index in [0.29, 0.717) is 6.07 Å². The van der Waals surface area contributed by atoms with E-state index >= 15 is 0 Å². The average Bonchev–Trinajstić information content (AvgIpc) is 2.49. The maximum atomic E-state index is 13.3. The van der Waals surface area contributed by atoms with Crippen LogP contribution in [-0.4, -0.2) is 12.3 Å². The summed E-state index contributed by atoms with van der Waals surface area (Å²) in [7, 11) is 0. The van der Waals surface area contributed by atoms with Crippen molar-refractivity contribution >= 4 is 40.6 Å². The highest BCUT2D eigenvalue weighted by Gasteiger charge is 2.43. The van der Waals surface area contributed by atoms with E-state index in [1.54, 1.807) is 5.32 Å². The number of benzene rings is 2. The van der Waals surface area contributed by atoms with Crippen molar-refractivity contribution in [3.05, 3.63) is 58.1 Å². The topological polar surface area (TPSA) is 32.3 Å². The molecule has 0 atom stereocenters. The minimum absolute atomic E-state index is 0.0316. The molecule has 2 amide bonds. The molecular weight excluding hydrogens is 409 g/mol. The molecule has 0 fully saturated rings. The Morgan fingerprint density at radius 2 is 1.58 bits per heavy atom. The normalized spacial score (nSPS) is 12.0. The third-order valence-corrected chi connectivity index (χ3v) is 3.80. The number of carbonyl (C=O) groups is 1. The van der Waals surface area contributed by atoms with Crippen LogP contribution in [0.4, 0.5) is 42.5 Å². The number of urea groups is 1. The highest BCUT2D eigenvalue weighted by atomic mass is 35.5. The molecule has 0 aliphatic heterocycles. The van der Waals surface area contributed by atoms with Crippen LogP contribution in [0.1, 0.15) is 5.56 Å². The molecule has 1 N–H and O–H groups in total. The highest BCUT2D eigenvalue weighted by molar-refractivity contribution is 6.42. The maximum Gasteiger partial charge on any atom is 0.493 e. The summed E-state index contributed by atoms with van der Waals surface area (Å²) in [6, 6.07) is 4.26. The maximum absolute atomic E-state index is 13.3. The van der Waals surface area contributed by atoms with Gasteiger partial charge in [-0.3, -0.25) is 0 Å². The number of nitrogens with one attached hydrogen (secondary N) is 1.